The minimum absolute atomic E-state index is 0.0258. The molecule has 26 heavy (non-hydrogen) atoms. The molecule has 8 nitrogen and oxygen atoms in total. The number of pyridine rings is 1. The molecule has 0 bridgehead atoms. The third-order valence-corrected chi connectivity index (χ3v) is 3.84. The van der Waals surface area contributed by atoms with Crippen LogP contribution >= 0.6 is 0 Å². The topological polar surface area (TPSA) is 118 Å². The first-order chi connectivity index (χ1) is 12.5. The van der Waals surface area contributed by atoms with Gasteiger partial charge in [0.15, 0.2) is 0 Å². The van der Waals surface area contributed by atoms with E-state index in [2.05, 4.69) is 9.97 Å². The highest BCUT2D eigenvalue weighted by molar-refractivity contribution is 5.94. The summed E-state index contributed by atoms with van der Waals surface area (Å²) in [5.41, 5.74) is 0.397. The quantitative estimate of drug-likeness (QED) is 0.709. The summed E-state index contributed by atoms with van der Waals surface area (Å²) < 4.78 is 6.30. The summed E-state index contributed by atoms with van der Waals surface area (Å²) in [6.45, 7) is 1.93. The molecule has 0 fully saturated rings. The number of hydrogen-bond donors (Lipinski definition) is 1. The summed E-state index contributed by atoms with van der Waals surface area (Å²) in [4.78, 5) is 42.8. The molecule has 1 aromatic carbocycles. The number of ether oxygens (including phenoxy) is 1. The molecule has 0 amide bonds. The number of nitrogens with zero attached hydrogens (tertiary/aromatic N) is 3. The molecule has 3 rings (SSSR count). The number of nitrogens with one attached hydrogen (secondary N) is 1. The van der Waals surface area contributed by atoms with Crippen LogP contribution in [0.1, 0.15) is 28.5 Å². The van der Waals surface area contributed by atoms with Gasteiger partial charge < -0.3 is 9.72 Å². The second kappa shape index (κ2) is 7.03. The van der Waals surface area contributed by atoms with Gasteiger partial charge in [0.05, 0.1) is 16.5 Å². The van der Waals surface area contributed by atoms with Gasteiger partial charge in [-0.05, 0) is 42.8 Å². The molecule has 1 N–H and O–H groups in total. The van der Waals surface area contributed by atoms with Crippen molar-refractivity contribution in [3.05, 3.63) is 74.2 Å². The number of benzene rings is 1. The molecule has 0 atom stereocenters. The van der Waals surface area contributed by atoms with E-state index in [-0.39, 0.29) is 29.9 Å². The highest BCUT2D eigenvalue weighted by Gasteiger charge is 2.12. The molecule has 0 saturated carbocycles. The van der Waals surface area contributed by atoms with Gasteiger partial charge in [-0.25, -0.2) is 14.6 Å². The number of aromatic nitrogens is 3. The Hall–Kier alpha value is -3.73. The highest BCUT2D eigenvalue weighted by Crippen LogP contribution is 2.12. The van der Waals surface area contributed by atoms with Crippen LogP contribution in [0.3, 0.4) is 0 Å². The second-order valence-corrected chi connectivity index (χ2v) is 5.48. The van der Waals surface area contributed by atoms with Crippen molar-refractivity contribution in [1.82, 2.24) is 14.5 Å². The maximum Gasteiger partial charge on any atom is 0.338 e. The molecule has 3 aromatic rings. The lowest BCUT2D eigenvalue weighted by Gasteiger charge is -2.07. The maximum absolute atomic E-state index is 12.2. The van der Waals surface area contributed by atoms with Gasteiger partial charge in [-0.2, -0.15) is 5.26 Å². The van der Waals surface area contributed by atoms with Crippen LogP contribution in [-0.4, -0.2) is 20.5 Å². The Balaban J connectivity index is 1.86. The molecule has 0 aliphatic heterocycles. The molecular formula is C18H14N4O4. The fourth-order valence-electron chi connectivity index (χ4n) is 2.53. The van der Waals surface area contributed by atoms with E-state index in [0.29, 0.717) is 10.9 Å². The summed E-state index contributed by atoms with van der Waals surface area (Å²) in [6.07, 6.45) is 1.46. The Bertz CT molecular complexity index is 1150. The number of carbonyl (C=O) groups excluding carboxylic acids is 1. The lowest BCUT2D eigenvalue weighted by Crippen LogP contribution is -2.34. The van der Waals surface area contributed by atoms with E-state index in [4.69, 9.17) is 10.00 Å². The van der Waals surface area contributed by atoms with Gasteiger partial charge in [0.2, 0.25) is 0 Å². The first-order valence-corrected chi connectivity index (χ1v) is 7.82. The number of H-pyrrole nitrogens is 1. The Morgan fingerprint density at radius 2 is 2.12 bits per heavy atom. The number of fused-ring (bicyclic) bond motifs is 1. The Kier molecular flexibility index (Phi) is 4.62. The van der Waals surface area contributed by atoms with E-state index in [1.54, 1.807) is 13.0 Å². The molecule has 2 aromatic heterocycles. The zero-order valence-corrected chi connectivity index (χ0v) is 13.9. The lowest BCUT2D eigenvalue weighted by molar-refractivity contribution is 0.0472. The number of nitriles is 1. The first kappa shape index (κ1) is 17.1. The van der Waals surface area contributed by atoms with Crippen molar-refractivity contribution in [2.75, 3.05) is 0 Å². The first-order valence-electron chi connectivity index (χ1n) is 7.82. The van der Waals surface area contributed by atoms with Crippen molar-refractivity contribution < 1.29 is 9.53 Å². The van der Waals surface area contributed by atoms with Crippen molar-refractivity contribution in [3.63, 3.8) is 0 Å². The summed E-state index contributed by atoms with van der Waals surface area (Å²) >= 11 is 0. The molecule has 130 valence electrons. The monoisotopic (exact) mass is 350 g/mol. The third-order valence-electron chi connectivity index (χ3n) is 3.84. The Morgan fingerprint density at radius 1 is 1.31 bits per heavy atom. The van der Waals surface area contributed by atoms with Crippen LogP contribution in [0.25, 0.3) is 10.9 Å². The summed E-state index contributed by atoms with van der Waals surface area (Å²) in [5.74, 6) is -0.609. The molecule has 8 heteroatoms. The van der Waals surface area contributed by atoms with Crippen molar-refractivity contribution in [3.8, 4) is 6.07 Å². The van der Waals surface area contributed by atoms with Gasteiger partial charge in [0, 0.05) is 12.7 Å². The molecule has 2 heterocycles. The van der Waals surface area contributed by atoms with Gasteiger partial charge in [-0.1, -0.05) is 0 Å². The molecule has 0 spiro atoms. The molecular weight excluding hydrogens is 336 g/mol. The molecule has 0 saturated heterocycles. The minimum atomic E-state index is -0.609. The average molecular weight is 350 g/mol. The van der Waals surface area contributed by atoms with Crippen molar-refractivity contribution in [2.45, 2.75) is 20.1 Å². The van der Waals surface area contributed by atoms with Crippen LogP contribution in [0.15, 0.2) is 46.1 Å². The molecule has 0 radical (unpaired) electrons. The van der Waals surface area contributed by atoms with Crippen molar-refractivity contribution >= 4 is 16.9 Å². The minimum Gasteiger partial charge on any atom is -0.457 e. The SMILES string of the molecule is CCn1c(=O)[nH]c2cc(C(=O)OCc3ccnc(C#N)c3)ccc2c1=O. The van der Waals surface area contributed by atoms with Gasteiger partial charge >= 0.3 is 11.7 Å². The Labute approximate surface area is 147 Å². The fraction of sp³-hybridized carbons (Fsp3) is 0.167. The normalized spacial score (nSPS) is 10.5. The van der Waals surface area contributed by atoms with Crippen LogP contribution in [0.4, 0.5) is 0 Å². The van der Waals surface area contributed by atoms with Gasteiger partial charge in [0.25, 0.3) is 5.56 Å². The summed E-state index contributed by atoms with van der Waals surface area (Å²) in [7, 11) is 0. The van der Waals surface area contributed by atoms with Crippen LogP contribution in [-0.2, 0) is 17.9 Å². The zero-order chi connectivity index (χ0) is 18.7. The molecule has 0 aliphatic rings. The number of hydrogen-bond acceptors (Lipinski definition) is 6. The number of carbonyl (C=O) groups is 1. The van der Waals surface area contributed by atoms with Crippen LogP contribution < -0.4 is 11.2 Å². The predicted molar refractivity (Wildman–Crippen MR) is 92.6 cm³/mol. The van der Waals surface area contributed by atoms with E-state index < -0.39 is 17.2 Å². The van der Waals surface area contributed by atoms with E-state index in [1.807, 2.05) is 6.07 Å². The van der Waals surface area contributed by atoms with Gasteiger partial charge in [0.1, 0.15) is 18.4 Å². The Morgan fingerprint density at radius 3 is 2.85 bits per heavy atom. The number of esters is 1. The van der Waals surface area contributed by atoms with E-state index in [0.717, 1.165) is 4.57 Å². The van der Waals surface area contributed by atoms with Gasteiger partial charge in [-0.3, -0.25) is 9.36 Å². The summed E-state index contributed by atoms with van der Waals surface area (Å²) in [6, 6.07) is 9.44. The maximum atomic E-state index is 12.2. The third kappa shape index (κ3) is 3.23. The van der Waals surface area contributed by atoms with Crippen LogP contribution in [0, 0.1) is 11.3 Å². The van der Waals surface area contributed by atoms with Crippen LogP contribution in [0.2, 0.25) is 0 Å². The van der Waals surface area contributed by atoms with Crippen LogP contribution in [0.5, 0.6) is 0 Å². The fourth-order valence-corrected chi connectivity index (χ4v) is 2.53. The largest absolute Gasteiger partial charge is 0.457 e. The van der Waals surface area contributed by atoms with Crippen molar-refractivity contribution in [2.24, 2.45) is 0 Å². The summed E-state index contributed by atoms with van der Waals surface area (Å²) in [5, 5.41) is 9.14. The highest BCUT2D eigenvalue weighted by atomic mass is 16.5. The zero-order valence-electron chi connectivity index (χ0n) is 13.9. The smallest absolute Gasteiger partial charge is 0.338 e. The molecule has 0 aliphatic carbocycles. The number of rotatable bonds is 4. The van der Waals surface area contributed by atoms with E-state index in [9.17, 15) is 14.4 Å². The average Bonchev–Trinajstić information content (AvgIpc) is 2.66. The predicted octanol–water partition coefficient (Wildman–Crippen LogP) is 1.33. The lowest BCUT2D eigenvalue weighted by atomic mass is 10.1. The second-order valence-electron chi connectivity index (χ2n) is 5.48. The standard InChI is InChI=1S/C18H14N4O4/c1-2-22-16(23)14-4-3-12(8-15(14)21-18(22)25)17(24)26-10-11-5-6-20-13(7-11)9-19/h3-8H,2,10H2,1H3,(H,21,25). The van der Waals surface area contributed by atoms with E-state index in [1.165, 1.54) is 30.5 Å². The molecule has 0 unspecified atom stereocenters. The van der Waals surface area contributed by atoms with Gasteiger partial charge in [-0.15, -0.1) is 0 Å². The van der Waals surface area contributed by atoms with E-state index >= 15 is 0 Å². The number of aromatic amines is 1. The van der Waals surface area contributed by atoms with Crippen molar-refractivity contribution in [1.29, 1.82) is 5.26 Å².